The van der Waals surface area contributed by atoms with E-state index in [2.05, 4.69) is 73.3 Å². The van der Waals surface area contributed by atoms with Crippen molar-refractivity contribution in [2.24, 2.45) is 11.3 Å². The van der Waals surface area contributed by atoms with Crippen molar-refractivity contribution < 1.29 is 9.53 Å². The van der Waals surface area contributed by atoms with Crippen LogP contribution in [0.1, 0.15) is 38.2 Å². The zero-order valence-electron chi connectivity index (χ0n) is 20.7. The Kier molecular flexibility index (Phi) is 7.49. The van der Waals surface area contributed by atoms with Crippen LogP contribution in [-0.2, 0) is 16.1 Å². The van der Waals surface area contributed by atoms with Gasteiger partial charge in [0, 0.05) is 51.0 Å². The Morgan fingerprint density at radius 2 is 1.76 bits per heavy atom. The number of rotatable bonds is 9. The molecule has 1 saturated heterocycles. The molecule has 1 aliphatic rings. The van der Waals surface area contributed by atoms with Crippen LogP contribution in [-0.4, -0.2) is 53.7 Å². The van der Waals surface area contributed by atoms with Crippen molar-refractivity contribution in [3.8, 4) is 11.3 Å². The maximum atomic E-state index is 13.4. The predicted octanol–water partition coefficient (Wildman–Crippen LogP) is 4.38. The third kappa shape index (κ3) is 5.57. The monoisotopic (exact) mass is 460 g/mol. The van der Waals surface area contributed by atoms with E-state index < -0.39 is 0 Å². The number of benzene rings is 2. The van der Waals surface area contributed by atoms with Crippen molar-refractivity contribution in [3.63, 3.8) is 0 Å². The van der Waals surface area contributed by atoms with Crippen LogP contribution in [0.25, 0.3) is 11.3 Å². The van der Waals surface area contributed by atoms with Crippen LogP contribution < -0.4 is 5.32 Å². The summed E-state index contributed by atoms with van der Waals surface area (Å²) in [6.45, 7) is 9.88. The minimum atomic E-state index is -0.228. The largest absolute Gasteiger partial charge is 0.375 e. The van der Waals surface area contributed by atoms with Crippen LogP contribution in [0.15, 0.2) is 66.9 Å². The van der Waals surface area contributed by atoms with E-state index in [1.165, 1.54) is 5.56 Å². The Balaban J connectivity index is 1.81. The predicted molar refractivity (Wildman–Crippen MR) is 135 cm³/mol. The number of ether oxygens (including phenoxy) is 1. The molecule has 2 heterocycles. The highest BCUT2D eigenvalue weighted by Gasteiger charge is 2.39. The second-order valence-electron chi connectivity index (χ2n) is 10.2. The van der Waals surface area contributed by atoms with E-state index in [0.717, 1.165) is 30.2 Å². The molecule has 0 radical (unpaired) electrons. The van der Waals surface area contributed by atoms with Gasteiger partial charge in [0.2, 0.25) is 5.91 Å². The lowest BCUT2D eigenvalue weighted by atomic mass is 9.84. The minimum absolute atomic E-state index is 0.00449. The average Bonchev–Trinajstić information content (AvgIpc) is 3.18. The molecule has 6 heteroatoms. The highest BCUT2D eigenvalue weighted by molar-refractivity contribution is 5.78. The molecule has 4 rings (SSSR count). The third-order valence-electron chi connectivity index (χ3n) is 6.36. The van der Waals surface area contributed by atoms with Gasteiger partial charge in [0.15, 0.2) is 0 Å². The molecule has 0 spiro atoms. The number of aromatic nitrogens is 2. The number of nitrogens with zero attached hydrogens (tertiary/aromatic N) is 3. The van der Waals surface area contributed by atoms with E-state index in [1.54, 1.807) is 7.11 Å². The first-order valence-corrected chi connectivity index (χ1v) is 12.0. The highest BCUT2D eigenvalue weighted by Crippen LogP contribution is 2.39. The van der Waals surface area contributed by atoms with Gasteiger partial charge in [-0.25, -0.2) is 4.98 Å². The maximum Gasteiger partial charge on any atom is 0.249 e. The fourth-order valence-electron chi connectivity index (χ4n) is 4.61. The molecular weight excluding hydrogens is 424 g/mol. The molecule has 6 nitrogen and oxygen atoms in total. The molecule has 3 aromatic rings. The first kappa shape index (κ1) is 24.2. The van der Waals surface area contributed by atoms with Crippen LogP contribution in [0, 0.1) is 11.3 Å². The first-order chi connectivity index (χ1) is 16.4. The molecule has 1 aliphatic heterocycles. The fourth-order valence-corrected chi connectivity index (χ4v) is 4.61. The number of hydrogen-bond acceptors (Lipinski definition) is 4. The number of amides is 1. The topological polar surface area (TPSA) is 59.4 Å². The molecule has 0 bridgehead atoms. The highest BCUT2D eigenvalue weighted by atomic mass is 16.5. The van der Waals surface area contributed by atoms with Gasteiger partial charge in [-0.15, -0.1) is 0 Å². The Morgan fingerprint density at radius 1 is 1.12 bits per heavy atom. The van der Waals surface area contributed by atoms with Gasteiger partial charge in [0.25, 0.3) is 0 Å². The van der Waals surface area contributed by atoms with Gasteiger partial charge < -0.3 is 19.5 Å². The Hall–Kier alpha value is -2.96. The Morgan fingerprint density at radius 3 is 2.32 bits per heavy atom. The summed E-state index contributed by atoms with van der Waals surface area (Å²) in [7, 11) is 1.58. The van der Waals surface area contributed by atoms with Gasteiger partial charge in [0.1, 0.15) is 12.4 Å². The molecular formula is C28H36N4O2. The molecule has 180 valence electrons. The van der Waals surface area contributed by atoms with E-state index in [0.29, 0.717) is 19.0 Å². The van der Waals surface area contributed by atoms with Crippen molar-refractivity contribution in [1.29, 1.82) is 0 Å². The van der Waals surface area contributed by atoms with Crippen molar-refractivity contribution in [3.05, 3.63) is 78.2 Å². The van der Waals surface area contributed by atoms with Gasteiger partial charge in [-0.1, -0.05) is 81.4 Å². The van der Waals surface area contributed by atoms with E-state index in [-0.39, 0.29) is 24.0 Å². The molecule has 1 N–H and O–H groups in total. The molecule has 34 heavy (non-hydrogen) atoms. The second-order valence-corrected chi connectivity index (χ2v) is 10.2. The van der Waals surface area contributed by atoms with Gasteiger partial charge in [-0.05, 0) is 11.0 Å². The van der Waals surface area contributed by atoms with Crippen molar-refractivity contribution in [2.45, 2.75) is 33.4 Å². The van der Waals surface area contributed by atoms with Crippen molar-refractivity contribution >= 4 is 5.91 Å². The van der Waals surface area contributed by atoms with Gasteiger partial charge >= 0.3 is 0 Å². The molecule has 0 aliphatic carbocycles. The lowest BCUT2D eigenvalue weighted by Crippen LogP contribution is -2.53. The second kappa shape index (κ2) is 10.5. The summed E-state index contributed by atoms with van der Waals surface area (Å²) in [6.07, 6.45) is 2.13. The smallest absolute Gasteiger partial charge is 0.249 e. The number of methoxy groups -OCH3 is 1. The van der Waals surface area contributed by atoms with Crippen LogP contribution in [0.2, 0.25) is 0 Å². The third-order valence-corrected chi connectivity index (χ3v) is 6.36. The molecule has 1 unspecified atom stereocenters. The molecule has 1 aromatic heterocycles. The van der Waals surface area contributed by atoms with E-state index in [1.807, 2.05) is 29.2 Å². The standard InChI is InChI=1S/C28H36N4O2/c1-28(2,3)26(32(25(33)20-34-4)18-22-15-29-16-22)27-30-24(23-13-9-6-10-14-23)19-31(27)17-21-11-7-5-8-12-21/h5-14,19,22,26,29H,15-18,20H2,1-4H3. The van der Waals surface area contributed by atoms with Crippen molar-refractivity contribution in [1.82, 2.24) is 19.8 Å². The lowest BCUT2D eigenvalue weighted by molar-refractivity contribution is -0.142. The average molecular weight is 461 g/mol. The zero-order valence-corrected chi connectivity index (χ0v) is 20.7. The van der Waals surface area contributed by atoms with Crippen molar-refractivity contribution in [2.75, 3.05) is 33.4 Å². The van der Waals surface area contributed by atoms with Crippen LogP contribution >= 0.6 is 0 Å². The zero-order chi connectivity index (χ0) is 24.1. The summed E-state index contributed by atoms with van der Waals surface area (Å²) in [5.74, 6) is 1.36. The van der Waals surface area contributed by atoms with E-state index in [4.69, 9.17) is 9.72 Å². The van der Waals surface area contributed by atoms with Crippen LogP contribution in [0.3, 0.4) is 0 Å². The quantitative estimate of drug-likeness (QED) is 0.515. The normalized spacial score (nSPS) is 15.1. The summed E-state index contributed by atoms with van der Waals surface area (Å²) in [5, 5.41) is 3.33. The van der Waals surface area contributed by atoms with E-state index in [9.17, 15) is 4.79 Å². The molecule has 2 aromatic carbocycles. The number of carbonyl (C=O) groups excluding carboxylic acids is 1. The Labute approximate surface area is 203 Å². The van der Waals surface area contributed by atoms with Crippen LogP contribution in [0.4, 0.5) is 0 Å². The lowest BCUT2D eigenvalue weighted by Gasteiger charge is -2.43. The van der Waals surface area contributed by atoms with Crippen LogP contribution in [0.5, 0.6) is 0 Å². The molecule has 1 amide bonds. The number of carbonyl (C=O) groups is 1. The summed E-state index contributed by atoms with van der Waals surface area (Å²) in [4.78, 5) is 20.5. The van der Waals surface area contributed by atoms with Gasteiger partial charge in [0.05, 0.1) is 11.7 Å². The minimum Gasteiger partial charge on any atom is -0.375 e. The Bertz CT molecular complexity index is 1070. The number of nitrogens with one attached hydrogen (secondary N) is 1. The SMILES string of the molecule is COCC(=O)N(CC1CNC1)C(c1nc(-c2ccccc2)cn1Cc1ccccc1)C(C)(C)C. The maximum absolute atomic E-state index is 13.4. The molecule has 1 fully saturated rings. The summed E-state index contributed by atoms with van der Waals surface area (Å²) in [6, 6.07) is 20.5. The van der Waals surface area contributed by atoms with E-state index >= 15 is 0 Å². The summed E-state index contributed by atoms with van der Waals surface area (Å²) >= 11 is 0. The first-order valence-electron chi connectivity index (χ1n) is 12.0. The summed E-state index contributed by atoms with van der Waals surface area (Å²) in [5.41, 5.74) is 2.96. The van der Waals surface area contributed by atoms with Gasteiger partial charge in [-0.3, -0.25) is 4.79 Å². The van der Waals surface area contributed by atoms with Gasteiger partial charge in [-0.2, -0.15) is 0 Å². The summed E-state index contributed by atoms with van der Waals surface area (Å²) < 4.78 is 7.50. The number of hydrogen-bond donors (Lipinski definition) is 1. The fraction of sp³-hybridized carbons (Fsp3) is 0.429. The molecule has 0 saturated carbocycles. The number of imidazole rings is 1. The molecule has 1 atom stereocenters.